The van der Waals surface area contributed by atoms with Gasteiger partial charge < -0.3 is 29.9 Å². The van der Waals surface area contributed by atoms with Gasteiger partial charge in [0.05, 0.1) is 6.61 Å². The molecule has 0 saturated carbocycles. The van der Waals surface area contributed by atoms with Crippen LogP contribution in [0.15, 0.2) is 36.4 Å². The first kappa shape index (κ1) is 21.3. The van der Waals surface area contributed by atoms with Gasteiger partial charge in [0.1, 0.15) is 36.1 Å². The highest BCUT2D eigenvalue weighted by Gasteiger charge is 2.45. The van der Waals surface area contributed by atoms with Crippen molar-refractivity contribution in [3.8, 4) is 5.75 Å². The average molecular weight is 412 g/mol. The molecule has 2 aromatic carbocycles. The van der Waals surface area contributed by atoms with Crippen LogP contribution in [0.3, 0.4) is 0 Å². The molecule has 1 heterocycles. The summed E-state index contributed by atoms with van der Waals surface area (Å²) in [6.07, 6.45) is -5.18. The maximum absolute atomic E-state index is 14.4. The van der Waals surface area contributed by atoms with Gasteiger partial charge in [-0.1, -0.05) is 24.3 Å². The summed E-state index contributed by atoms with van der Waals surface area (Å²) in [4.78, 5) is 0. The molecule has 1 aliphatic rings. The Morgan fingerprint density at radius 1 is 0.897 bits per heavy atom. The lowest BCUT2D eigenvalue weighted by atomic mass is 9.99. The Bertz CT molecular complexity index is 871. The zero-order valence-electron chi connectivity index (χ0n) is 15.0. The predicted octanol–water partition coefficient (Wildman–Crippen LogP) is 1.45. The third-order valence-corrected chi connectivity index (χ3v) is 4.44. The maximum Gasteiger partial charge on any atom is 0.229 e. The molecule has 1 fully saturated rings. The molecule has 0 spiro atoms. The van der Waals surface area contributed by atoms with Crippen molar-refractivity contribution in [2.75, 3.05) is 6.61 Å². The van der Waals surface area contributed by atoms with Crippen LogP contribution >= 0.6 is 0 Å². The highest BCUT2D eigenvalue weighted by molar-refractivity contribution is 5.72. The largest absolute Gasteiger partial charge is 0.458 e. The van der Waals surface area contributed by atoms with Crippen LogP contribution in [0.2, 0.25) is 0 Å². The molecule has 0 aliphatic carbocycles. The molecule has 4 N–H and O–H groups in total. The van der Waals surface area contributed by atoms with Gasteiger partial charge in [-0.05, 0) is 23.8 Å². The second-order valence-corrected chi connectivity index (χ2v) is 6.51. The molecule has 5 atom stereocenters. The summed E-state index contributed by atoms with van der Waals surface area (Å²) in [7, 11) is 0. The summed E-state index contributed by atoms with van der Waals surface area (Å²) in [5, 5.41) is 38.9. The summed E-state index contributed by atoms with van der Waals surface area (Å²) in [6, 6.07) is 6.89. The van der Waals surface area contributed by atoms with Crippen molar-refractivity contribution < 1.29 is 43.1 Å². The first-order chi connectivity index (χ1) is 13.8. The summed E-state index contributed by atoms with van der Waals surface area (Å²) in [5.41, 5.74) is 0.499. The molecule has 1 aliphatic heterocycles. The quantitative estimate of drug-likeness (QED) is 0.555. The monoisotopic (exact) mass is 412 g/mol. The number of aliphatic hydroxyl groups excluding tert-OH is 4. The van der Waals surface area contributed by atoms with Gasteiger partial charge in [-0.2, -0.15) is 0 Å². The van der Waals surface area contributed by atoms with Gasteiger partial charge in [-0.3, -0.25) is 0 Å². The number of hydrogen-bond acceptors (Lipinski definition) is 6. The van der Waals surface area contributed by atoms with Gasteiger partial charge in [0.2, 0.25) is 6.29 Å². The first-order valence-corrected chi connectivity index (χ1v) is 8.70. The zero-order valence-corrected chi connectivity index (χ0v) is 15.0. The van der Waals surface area contributed by atoms with E-state index in [4.69, 9.17) is 9.47 Å². The van der Waals surface area contributed by atoms with E-state index in [2.05, 4.69) is 0 Å². The Balaban J connectivity index is 1.89. The van der Waals surface area contributed by atoms with Crippen LogP contribution in [-0.2, 0) is 4.74 Å². The minimum Gasteiger partial charge on any atom is -0.458 e. The number of aliphatic hydroxyl groups is 4. The van der Waals surface area contributed by atoms with Crippen LogP contribution in [-0.4, -0.2) is 57.7 Å². The third kappa shape index (κ3) is 4.77. The second kappa shape index (κ2) is 8.93. The zero-order chi connectivity index (χ0) is 21.1. The Hall–Kier alpha value is -2.43. The molecular formula is C20H19F3O6. The van der Waals surface area contributed by atoms with Crippen molar-refractivity contribution in [2.24, 2.45) is 0 Å². The maximum atomic E-state index is 14.4. The van der Waals surface area contributed by atoms with Crippen LogP contribution in [0.25, 0.3) is 12.2 Å². The van der Waals surface area contributed by atoms with Crippen molar-refractivity contribution >= 4 is 12.2 Å². The van der Waals surface area contributed by atoms with Crippen LogP contribution in [0.5, 0.6) is 5.75 Å². The number of halogens is 3. The molecule has 9 heteroatoms. The summed E-state index contributed by atoms with van der Waals surface area (Å²) in [5.74, 6) is -2.90. The smallest absolute Gasteiger partial charge is 0.229 e. The molecule has 6 nitrogen and oxygen atoms in total. The van der Waals surface area contributed by atoms with Gasteiger partial charge in [0, 0.05) is 11.6 Å². The minimum atomic E-state index is -1.76. The third-order valence-electron chi connectivity index (χ3n) is 4.44. The Morgan fingerprint density at radius 2 is 1.59 bits per heavy atom. The molecule has 3 rings (SSSR count). The first-order valence-electron chi connectivity index (χ1n) is 8.70. The second-order valence-electron chi connectivity index (χ2n) is 6.51. The number of rotatable bonds is 5. The van der Waals surface area contributed by atoms with Crippen LogP contribution < -0.4 is 4.74 Å². The Labute approximate surface area is 164 Å². The van der Waals surface area contributed by atoms with E-state index in [0.717, 1.165) is 6.07 Å². The highest BCUT2D eigenvalue weighted by atomic mass is 19.1. The molecule has 1 saturated heterocycles. The molecule has 1 unspecified atom stereocenters. The average Bonchev–Trinajstić information content (AvgIpc) is 2.69. The fraction of sp³-hybridized carbons (Fsp3) is 0.300. The molecule has 0 aromatic heterocycles. The lowest BCUT2D eigenvalue weighted by Crippen LogP contribution is -2.60. The Morgan fingerprint density at radius 3 is 2.24 bits per heavy atom. The van der Waals surface area contributed by atoms with E-state index in [1.54, 1.807) is 0 Å². The van der Waals surface area contributed by atoms with Gasteiger partial charge in [0.25, 0.3) is 0 Å². The summed E-state index contributed by atoms with van der Waals surface area (Å²) >= 11 is 0. The fourth-order valence-electron chi connectivity index (χ4n) is 2.87. The van der Waals surface area contributed by atoms with E-state index in [1.807, 2.05) is 0 Å². The fourth-order valence-corrected chi connectivity index (χ4v) is 2.87. The van der Waals surface area contributed by atoms with Crippen molar-refractivity contribution in [1.82, 2.24) is 0 Å². The molecular weight excluding hydrogens is 393 g/mol. The normalized spacial score (nSPS) is 27.3. The van der Waals surface area contributed by atoms with E-state index in [1.165, 1.54) is 36.4 Å². The lowest BCUT2D eigenvalue weighted by Gasteiger charge is -2.39. The highest BCUT2D eigenvalue weighted by Crippen LogP contribution is 2.31. The number of ether oxygens (including phenoxy) is 2. The van der Waals surface area contributed by atoms with Crippen molar-refractivity contribution in [2.45, 2.75) is 30.7 Å². The molecule has 0 radical (unpaired) electrons. The van der Waals surface area contributed by atoms with Crippen LogP contribution in [0, 0.1) is 17.5 Å². The topological polar surface area (TPSA) is 99.4 Å². The van der Waals surface area contributed by atoms with Crippen LogP contribution in [0.1, 0.15) is 11.1 Å². The van der Waals surface area contributed by atoms with Gasteiger partial charge in [0.15, 0.2) is 11.6 Å². The van der Waals surface area contributed by atoms with Crippen LogP contribution in [0.4, 0.5) is 13.2 Å². The van der Waals surface area contributed by atoms with Gasteiger partial charge in [-0.15, -0.1) is 0 Å². The van der Waals surface area contributed by atoms with Crippen molar-refractivity contribution in [1.29, 1.82) is 0 Å². The van der Waals surface area contributed by atoms with Gasteiger partial charge >= 0.3 is 0 Å². The van der Waals surface area contributed by atoms with E-state index in [0.29, 0.717) is 11.6 Å². The standard InChI is InChI=1S/C20H19F3O6/c21-12-5-2-10(3-6-12)1-4-11-7-13(22)8-14(23)19(11)29-20-18(27)17(26)16(25)15(9-24)28-20/h1-8,15-18,20,24-27H,9H2/b4-1+/t15?,16-,17+,18-,20+/m1/s1. The van der Waals surface area contributed by atoms with E-state index < -0.39 is 60.5 Å². The predicted molar refractivity (Wildman–Crippen MR) is 96.1 cm³/mol. The molecule has 0 amide bonds. The van der Waals surface area contributed by atoms with Gasteiger partial charge in [-0.25, -0.2) is 13.2 Å². The van der Waals surface area contributed by atoms with E-state index in [-0.39, 0.29) is 5.56 Å². The van der Waals surface area contributed by atoms with Crippen molar-refractivity contribution in [3.05, 3.63) is 65.0 Å². The Kier molecular flexibility index (Phi) is 6.56. The molecule has 29 heavy (non-hydrogen) atoms. The van der Waals surface area contributed by atoms with Crippen molar-refractivity contribution in [3.63, 3.8) is 0 Å². The summed E-state index contributed by atoms with van der Waals surface area (Å²) in [6.45, 7) is -0.686. The number of benzene rings is 2. The lowest BCUT2D eigenvalue weighted by molar-refractivity contribution is -0.277. The SMILES string of the molecule is OCC1O[C@@H](Oc2c(F)cc(F)cc2/C=C/c2ccc(F)cc2)[C@H](O)[C@@H](O)[C@@H]1O. The van der Waals surface area contributed by atoms with E-state index in [9.17, 15) is 33.6 Å². The minimum absolute atomic E-state index is 0.0521. The molecule has 156 valence electrons. The summed E-state index contributed by atoms with van der Waals surface area (Å²) < 4.78 is 51.6. The molecule has 0 bridgehead atoms. The number of hydrogen-bond donors (Lipinski definition) is 4. The van der Waals surface area contributed by atoms with E-state index >= 15 is 0 Å². The molecule has 2 aromatic rings.